The van der Waals surface area contributed by atoms with Gasteiger partial charge in [-0.25, -0.2) is 0 Å². The minimum Gasteiger partial charge on any atom is -0.398 e. The van der Waals surface area contributed by atoms with E-state index in [4.69, 9.17) is 5.73 Å². The maximum atomic E-state index is 6.02. The van der Waals surface area contributed by atoms with Crippen molar-refractivity contribution in [1.29, 1.82) is 0 Å². The van der Waals surface area contributed by atoms with Gasteiger partial charge in [0.15, 0.2) is 0 Å². The summed E-state index contributed by atoms with van der Waals surface area (Å²) in [7, 11) is 0. The van der Waals surface area contributed by atoms with E-state index in [2.05, 4.69) is 36.2 Å². The Bertz CT molecular complexity index is 647. The van der Waals surface area contributed by atoms with Gasteiger partial charge in [0.1, 0.15) is 0 Å². The molecule has 3 N–H and O–H groups in total. The second-order valence-electron chi connectivity index (χ2n) is 4.36. The van der Waals surface area contributed by atoms with Crippen molar-refractivity contribution in [2.45, 2.75) is 6.92 Å². The number of hydrogen-bond acceptors (Lipinski definition) is 1. The van der Waals surface area contributed by atoms with Crippen molar-refractivity contribution in [1.82, 2.24) is 4.98 Å². The summed E-state index contributed by atoms with van der Waals surface area (Å²) in [6, 6.07) is 16.5. The van der Waals surface area contributed by atoms with E-state index in [1.807, 2.05) is 24.3 Å². The van der Waals surface area contributed by atoms with Crippen molar-refractivity contribution in [3.63, 3.8) is 0 Å². The van der Waals surface area contributed by atoms with Gasteiger partial charge < -0.3 is 10.7 Å². The van der Waals surface area contributed by atoms with Crippen LogP contribution < -0.4 is 5.73 Å². The van der Waals surface area contributed by atoms with E-state index < -0.39 is 0 Å². The first-order valence-electron chi connectivity index (χ1n) is 5.68. The molecule has 0 aliphatic rings. The van der Waals surface area contributed by atoms with Crippen molar-refractivity contribution >= 4 is 16.6 Å². The van der Waals surface area contributed by atoms with E-state index in [1.54, 1.807) is 0 Å². The van der Waals surface area contributed by atoms with E-state index >= 15 is 0 Å². The van der Waals surface area contributed by atoms with Crippen LogP contribution in [0.2, 0.25) is 0 Å². The van der Waals surface area contributed by atoms with Crippen LogP contribution in [0.5, 0.6) is 0 Å². The Hall–Kier alpha value is -2.22. The number of aromatic nitrogens is 1. The molecule has 3 rings (SSSR count). The van der Waals surface area contributed by atoms with Gasteiger partial charge in [-0.05, 0) is 31.2 Å². The first-order chi connectivity index (χ1) is 8.24. The summed E-state index contributed by atoms with van der Waals surface area (Å²) in [5, 5.41) is 1.21. The Morgan fingerprint density at radius 1 is 1.00 bits per heavy atom. The van der Waals surface area contributed by atoms with E-state index in [-0.39, 0.29) is 0 Å². The molecule has 0 aliphatic heterocycles. The molecular formula is C15H14N2. The summed E-state index contributed by atoms with van der Waals surface area (Å²) in [4.78, 5) is 3.40. The number of aryl methyl sites for hydroxylation is 1. The zero-order valence-corrected chi connectivity index (χ0v) is 9.70. The lowest BCUT2D eigenvalue weighted by molar-refractivity contribution is 1.42. The van der Waals surface area contributed by atoms with Gasteiger partial charge in [0.05, 0.1) is 0 Å². The highest BCUT2D eigenvalue weighted by Crippen LogP contribution is 2.29. The molecule has 1 aromatic heterocycles. The molecule has 1 heterocycles. The van der Waals surface area contributed by atoms with Gasteiger partial charge in [-0.1, -0.05) is 29.8 Å². The minimum absolute atomic E-state index is 0.808. The van der Waals surface area contributed by atoms with Gasteiger partial charge >= 0.3 is 0 Å². The molecular weight excluding hydrogens is 208 g/mol. The summed E-state index contributed by atoms with van der Waals surface area (Å²) in [6.45, 7) is 2.07. The Morgan fingerprint density at radius 2 is 1.82 bits per heavy atom. The fourth-order valence-corrected chi connectivity index (χ4v) is 2.12. The number of hydrogen-bond donors (Lipinski definition) is 2. The topological polar surface area (TPSA) is 41.8 Å². The van der Waals surface area contributed by atoms with Crippen LogP contribution in [0.3, 0.4) is 0 Å². The Labute approximate surface area is 100 Å². The summed E-state index contributed by atoms with van der Waals surface area (Å²) < 4.78 is 0. The Morgan fingerprint density at radius 3 is 2.65 bits per heavy atom. The largest absolute Gasteiger partial charge is 0.398 e. The van der Waals surface area contributed by atoms with E-state index in [0.29, 0.717) is 0 Å². The van der Waals surface area contributed by atoms with Crippen molar-refractivity contribution in [3.8, 4) is 11.3 Å². The van der Waals surface area contributed by atoms with Crippen molar-refractivity contribution in [3.05, 3.63) is 54.1 Å². The summed E-state index contributed by atoms with van der Waals surface area (Å²) in [5.41, 5.74) is 11.3. The van der Waals surface area contributed by atoms with Gasteiger partial charge in [0.25, 0.3) is 0 Å². The van der Waals surface area contributed by atoms with Crippen molar-refractivity contribution in [2.75, 3.05) is 5.73 Å². The number of nitrogens with one attached hydrogen (secondary N) is 1. The van der Waals surface area contributed by atoms with Gasteiger partial charge in [0.2, 0.25) is 0 Å². The highest BCUT2D eigenvalue weighted by atomic mass is 14.7. The Kier molecular flexibility index (Phi) is 2.15. The van der Waals surface area contributed by atoms with Crippen LogP contribution in [-0.4, -0.2) is 4.98 Å². The second kappa shape index (κ2) is 3.67. The standard InChI is InChI=1S/C15H14N2/c1-10-6-7-13(16)12(8-10)15-9-11-4-2-3-5-14(11)17-15/h2-9,17H,16H2,1H3. The number of benzene rings is 2. The average molecular weight is 222 g/mol. The van der Waals surface area contributed by atoms with E-state index in [0.717, 1.165) is 22.5 Å². The third-order valence-electron chi connectivity index (χ3n) is 3.03. The number of nitrogens with two attached hydrogens (primary N) is 1. The molecule has 2 aromatic carbocycles. The van der Waals surface area contributed by atoms with Gasteiger partial charge in [-0.3, -0.25) is 0 Å². The van der Waals surface area contributed by atoms with Crippen molar-refractivity contribution in [2.24, 2.45) is 0 Å². The van der Waals surface area contributed by atoms with Crippen LogP contribution in [-0.2, 0) is 0 Å². The molecule has 0 atom stereocenters. The summed E-state index contributed by atoms with van der Waals surface area (Å²) in [5.74, 6) is 0. The van der Waals surface area contributed by atoms with Crippen LogP contribution in [0.1, 0.15) is 5.56 Å². The zero-order chi connectivity index (χ0) is 11.8. The molecule has 0 saturated heterocycles. The maximum absolute atomic E-state index is 6.02. The summed E-state index contributed by atoms with van der Waals surface area (Å²) in [6.07, 6.45) is 0. The average Bonchev–Trinajstić information content (AvgIpc) is 2.75. The molecule has 0 unspecified atom stereocenters. The molecule has 2 nitrogen and oxygen atoms in total. The molecule has 3 aromatic rings. The molecule has 0 amide bonds. The number of nitrogen functional groups attached to an aromatic ring is 1. The van der Waals surface area contributed by atoms with Gasteiger partial charge in [-0.2, -0.15) is 0 Å². The molecule has 0 bridgehead atoms. The fraction of sp³-hybridized carbons (Fsp3) is 0.0667. The fourth-order valence-electron chi connectivity index (χ4n) is 2.12. The van der Waals surface area contributed by atoms with Crippen LogP contribution >= 0.6 is 0 Å². The predicted molar refractivity (Wildman–Crippen MR) is 72.9 cm³/mol. The van der Waals surface area contributed by atoms with Crippen LogP contribution in [0.25, 0.3) is 22.2 Å². The highest BCUT2D eigenvalue weighted by Gasteiger charge is 2.06. The molecule has 0 spiro atoms. The zero-order valence-electron chi connectivity index (χ0n) is 9.70. The first-order valence-corrected chi connectivity index (χ1v) is 5.68. The number of anilines is 1. The van der Waals surface area contributed by atoms with Gasteiger partial charge in [-0.15, -0.1) is 0 Å². The molecule has 0 saturated carbocycles. The minimum atomic E-state index is 0.808. The normalized spacial score (nSPS) is 10.9. The summed E-state index contributed by atoms with van der Waals surface area (Å²) >= 11 is 0. The van der Waals surface area contributed by atoms with E-state index in [9.17, 15) is 0 Å². The number of fused-ring (bicyclic) bond motifs is 1. The third-order valence-corrected chi connectivity index (χ3v) is 3.03. The molecule has 0 fully saturated rings. The number of rotatable bonds is 1. The van der Waals surface area contributed by atoms with Crippen LogP contribution in [0, 0.1) is 6.92 Å². The lowest BCUT2D eigenvalue weighted by atomic mass is 10.1. The molecule has 2 heteroatoms. The Balaban J connectivity index is 2.23. The lowest BCUT2D eigenvalue weighted by Gasteiger charge is -2.04. The number of H-pyrrole nitrogens is 1. The highest BCUT2D eigenvalue weighted by molar-refractivity contribution is 5.88. The first kappa shape index (κ1) is 9.97. The quantitative estimate of drug-likeness (QED) is 0.605. The number of para-hydroxylation sites is 1. The molecule has 84 valence electrons. The van der Waals surface area contributed by atoms with Crippen LogP contribution in [0.4, 0.5) is 5.69 Å². The SMILES string of the molecule is Cc1ccc(N)c(-c2cc3ccccc3[nH]2)c1. The van der Waals surface area contributed by atoms with E-state index in [1.165, 1.54) is 10.9 Å². The lowest BCUT2D eigenvalue weighted by Crippen LogP contribution is -1.90. The maximum Gasteiger partial charge on any atom is 0.0485 e. The molecule has 17 heavy (non-hydrogen) atoms. The van der Waals surface area contributed by atoms with Gasteiger partial charge in [0, 0.05) is 27.8 Å². The number of aromatic amines is 1. The third kappa shape index (κ3) is 1.68. The molecule has 0 aliphatic carbocycles. The van der Waals surface area contributed by atoms with Crippen LogP contribution in [0.15, 0.2) is 48.5 Å². The van der Waals surface area contributed by atoms with Crippen molar-refractivity contribution < 1.29 is 0 Å². The molecule has 0 radical (unpaired) electrons. The smallest absolute Gasteiger partial charge is 0.0485 e. The predicted octanol–water partition coefficient (Wildman–Crippen LogP) is 3.73. The monoisotopic (exact) mass is 222 g/mol. The second-order valence-corrected chi connectivity index (χ2v) is 4.36.